The Morgan fingerprint density at radius 1 is 1.00 bits per heavy atom. The summed E-state index contributed by atoms with van der Waals surface area (Å²) in [7, 11) is 1.53. The van der Waals surface area contributed by atoms with E-state index in [2.05, 4.69) is 11.1 Å². The van der Waals surface area contributed by atoms with Crippen LogP contribution in [0.3, 0.4) is 0 Å². The molecule has 1 fully saturated rings. The molecule has 0 unspecified atom stereocenters. The van der Waals surface area contributed by atoms with Gasteiger partial charge in [-0.2, -0.15) is 0 Å². The first-order valence-electron chi connectivity index (χ1n) is 8.05. The molecule has 4 rings (SSSR count). The van der Waals surface area contributed by atoms with E-state index >= 15 is 0 Å². The zero-order valence-corrected chi connectivity index (χ0v) is 13.5. The quantitative estimate of drug-likeness (QED) is 0.797. The first-order chi connectivity index (χ1) is 11.7. The lowest BCUT2D eigenvalue weighted by atomic mass is 9.91. The van der Waals surface area contributed by atoms with Gasteiger partial charge in [0.15, 0.2) is 0 Å². The Morgan fingerprint density at radius 3 is 2.46 bits per heavy atom. The van der Waals surface area contributed by atoms with Crippen molar-refractivity contribution in [1.82, 2.24) is 9.80 Å². The van der Waals surface area contributed by atoms with Gasteiger partial charge >= 0.3 is 0 Å². The number of carbonyl (C=O) groups is 2. The number of ether oxygens (including phenoxy) is 1. The number of benzene rings is 2. The van der Waals surface area contributed by atoms with Gasteiger partial charge in [0.1, 0.15) is 0 Å². The highest BCUT2D eigenvalue weighted by molar-refractivity contribution is 6.26. The van der Waals surface area contributed by atoms with Gasteiger partial charge in [0.05, 0.1) is 13.2 Å². The molecule has 2 heterocycles. The number of imide groups is 1. The molecule has 24 heavy (non-hydrogen) atoms. The van der Waals surface area contributed by atoms with Crippen molar-refractivity contribution in [3.8, 4) is 0 Å². The monoisotopic (exact) mass is 322 g/mol. The SMILES string of the molecule is CN1C(=O)c2cccc3c(/C=C/N4CCOCC4)ccc(c23)C1=O. The van der Waals surface area contributed by atoms with Gasteiger partial charge in [-0.05, 0) is 35.4 Å². The second-order valence-electron chi connectivity index (χ2n) is 6.06. The molecule has 0 saturated carbocycles. The van der Waals surface area contributed by atoms with Crippen molar-refractivity contribution in [3.63, 3.8) is 0 Å². The summed E-state index contributed by atoms with van der Waals surface area (Å²) in [4.78, 5) is 28.2. The Bertz CT molecular complexity index is 844. The summed E-state index contributed by atoms with van der Waals surface area (Å²) in [6, 6.07) is 9.38. The molecule has 5 nitrogen and oxygen atoms in total. The van der Waals surface area contributed by atoms with Gasteiger partial charge in [-0.15, -0.1) is 0 Å². The lowest BCUT2D eigenvalue weighted by Crippen LogP contribution is -2.36. The maximum atomic E-state index is 12.4. The highest BCUT2D eigenvalue weighted by atomic mass is 16.5. The van der Waals surface area contributed by atoms with E-state index in [-0.39, 0.29) is 11.8 Å². The van der Waals surface area contributed by atoms with Gasteiger partial charge in [0.25, 0.3) is 11.8 Å². The number of nitrogens with zero attached hydrogens (tertiary/aromatic N) is 2. The van der Waals surface area contributed by atoms with E-state index in [1.54, 1.807) is 6.07 Å². The summed E-state index contributed by atoms with van der Waals surface area (Å²) < 4.78 is 5.35. The Kier molecular flexibility index (Phi) is 3.58. The molecule has 2 aliphatic rings. The third kappa shape index (κ3) is 2.29. The lowest BCUT2D eigenvalue weighted by Gasteiger charge is -2.25. The smallest absolute Gasteiger partial charge is 0.261 e. The molecule has 0 bridgehead atoms. The highest BCUT2D eigenvalue weighted by Crippen LogP contribution is 2.32. The molecular formula is C19H18N2O3. The predicted molar refractivity (Wildman–Crippen MR) is 91.8 cm³/mol. The number of rotatable bonds is 2. The topological polar surface area (TPSA) is 49.9 Å². The van der Waals surface area contributed by atoms with Crippen LogP contribution < -0.4 is 0 Å². The largest absolute Gasteiger partial charge is 0.378 e. The maximum absolute atomic E-state index is 12.4. The molecule has 2 aliphatic heterocycles. The summed E-state index contributed by atoms with van der Waals surface area (Å²) in [6.45, 7) is 3.23. The van der Waals surface area contributed by atoms with E-state index in [1.807, 2.05) is 30.3 Å². The first-order valence-corrected chi connectivity index (χ1v) is 8.05. The second kappa shape index (κ2) is 5.76. The molecule has 0 spiro atoms. The van der Waals surface area contributed by atoms with Crippen LogP contribution in [0.25, 0.3) is 16.8 Å². The average Bonchev–Trinajstić information content (AvgIpc) is 2.63. The van der Waals surface area contributed by atoms with Crippen molar-refractivity contribution in [2.75, 3.05) is 33.4 Å². The predicted octanol–water partition coefficient (Wildman–Crippen LogP) is 2.37. The van der Waals surface area contributed by atoms with Crippen molar-refractivity contribution in [2.24, 2.45) is 0 Å². The van der Waals surface area contributed by atoms with Crippen molar-refractivity contribution in [3.05, 3.63) is 53.2 Å². The van der Waals surface area contributed by atoms with Crippen molar-refractivity contribution < 1.29 is 14.3 Å². The number of morpholine rings is 1. The maximum Gasteiger partial charge on any atom is 0.261 e. The zero-order valence-electron chi connectivity index (χ0n) is 13.5. The number of carbonyl (C=O) groups excluding carboxylic acids is 2. The number of hydrogen-bond acceptors (Lipinski definition) is 4. The van der Waals surface area contributed by atoms with Gasteiger partial charge < -0.3 is 9.64 Å². The molecule has 0 aliphatic carbocycles. The van der Waals surface area contributed by atoms with Crippen molar-refractivity contribution >= 4 is 28.7 Å². The van der Waals surface area contributed by atoms with E-state index in [4.69, 9.17) is 4.74 Å². The van der Waals surface area contributed by atoms with Crippen LogP contribution in [0.2, 0.25) is 0 Å². The minimum Gasteiger partial charge on any atom is -0.378 e. The van der Waals surface area contributed by atoms with Crippen LogP contribution >= 0.6 is 0 Å². The van der Waals surface area contributed by atoms with E-state index < -0.39 is 0 Å². The van der Waals surface area contributed by atoms with E-state index in [9.17, 15) is 9.59 Å². The summed E-state index contributed by atoms with van der Waals surface area (Å²) in [5.74, 6) is -0.486. The minimum atomic E-state index is -0.243. The standard InChI is InChI=1S/C19H18N2O3/c1-20-18(22)15-4-2-3-14-13(5-6-16(17(14)15)19(20)23)7-8-21-9-11-24-12-10-21/h2-8H,9-12H2,1H3/b8-7+. The molecule has 2 aromatic rings. The third-order valence-corrected chi connectivity index (χ3v) is 4.66. The van der Waals surface area contributed by atoms with Gasteiger partial charge in [-0.3, -0.25) is 14.5 Å². The van der Waals surface area contributed by atoms with E-state index in [0.29, 0.717) is 11.1 Å². The fraction of sp³-hybridized carbons (Fsp3) is 0.263. The summed E-state index contributed by atoms with van der Waals surface area (Å²) in [6.07, 6.45) is 4.10. The lowest BCUT2D eigenvalue weighted by molar-refractivity contribution is 0.0597. The minimum absolute atomic E-state index is 0.243. The summed E-state index contributed by atoms with van der Waals surface area (Å²) in [5, 5.41) is 1.69. The Labute approximate surface area is 140 Å². The molecule has 0 aromatic heterocycles. The van der Waals surface area contributed by atoms with Gasteiger partial charge in [-0.25, -0.2) is 0 Å². The molecule has 2 aromatic carbocycles. The van der Waals surface area contributed by atoms with E-state index in [1.165, 1.54) is 11.9 Å². The van der Waals surface area contributed by atoms with Crippen LogP contribution in [-0.4, -0.2) is 55.0 Å². The first kappa shape index (κ1) is 14.9. The van der Waals surface area contributed by atoms with Crippen LogP contribution in [0.5, 0.6) is 0 Å². The Balaban J connectivity index is 1.82. The van der Waals surface area contributed by atoms with Crippen LogP contribution in [0.1, 0.15) is 26.3 Å². The Morgan fingerprint density at radius 2 is 1.71 bits per heavy atom. The average molecular weight is 322 g/mol. The third-order valence-electron chi connectivity index (χ3n) is 4.66. The number of hydrogen-bond donors (Lipinski definition) is 0. The molecule has 122 valence electrons. The van der Waals surface area contributed by atoms with Crippen LogP contribution in [0, 0.1) is 0 Å². The molecular weight excluding hydrogens is 304 g/mol. The highest BCUT2D eigenvalue weighted by Gasteiger charge is 2.30. The second-order valence-corrected chi connectivity index (χ2v) is 6.06. The van der Waals surface area contributed by atoms with Crippen LogP contribution in [0.15, 0.2) is 36.5 Å². The molecule has 5 heteroatoms. The van der Waals surface area contributed by atoms with Gasteiger partial charge in [0, 0.05) is 36.7 Å². The molecule has 0 atom stereocenters. The van der Waals surface area contributed by atoms with Crippen molar-refractivity contribution in [1.29, 1.82) is 0 Å². The fourth-order valence-corrected chi connectivity index (χ4v) is 3.30. The fourth-order valence-electron chi connectivity index (χ4n) is 3.30. The van der Waals surface area contributed by atoms with Gasteiger partial charge in [-0.1, -0.05) is 18.2 Å². The molecule has 0 N–H and O–H groups in total. The van der Waals surface area contributed by atoms with Crippen molar-refractivity contribution in [2.45, 2.75) is 0 Å². The molecule has 0 radical (unpaired) electrons. The summed E-state index contributed by atoms with van der Waals surface area (Å²) in [5.41, 5.74) is 2.18. The molecule has 1 saturated heterocycles. The van der Waals surface area contributed by atoms with E-state index in [0.717, 1.165) is 42.6 Å². The normalized spacial score (nSPS) is 18.0. The Hall–Kier alpha value is -2.66. The van der Waals surface area contributed by atoms with Crippen LogP contribution in [0.4, 0.5) is 0 Å². The van der Waals surface area contributed by atoms with Crippen LogP contribution in [-0.2, 0) is 4.74 Å². The number of amides is 2. The zero-order chi connectivity index (χ0) is 16.7. The summed E-state index contributed by atoms with van der Waals surface area (Å²) >= 11 is 0. The van der Waals surface area contributed by atoms with Gasteiger partial charge in [0.2, 0.25) is 0 Å². The molecule has 2 amide bonds.